The molecule has 3 N–H and O–H groups in total. The standard InChI is InChI=1S/C25H29N3O5/c1-32-21-8-7-18-11-19(24(30)27-22(18)12-21)9-10-28-14-20(23(29)15-28)13-26-25(31)33-16-17-5-3-2-4-6-17/h2-8,11-12,20,23,29H,9-10,13-16H2,1H3,(H,26,31)(H,27,30)/t20-,23+/m0/s1. The molecule has 8 nitrogen and oxygen atoms in total. The maximum atomic E-state index is 12.5. The fraction of sp³-hybridized carbons (Fsp3) is 0.360. The molecule has 0 radical (unpaired) electrons. The van der Waals surface area contributed by atoms with Crippen molar-refractivity contribution in [3.05, 3.63) is 76.1 Å². The van der Waals surface area contributed by atoms with E-state index in [1.54, 1.807) is 13.2 Å². The summed E-state index contributed by atoms with van der Waals surface area (Å²) in [7, 11) is 1.59. The van der Waals surface area contributed by atoms with E-state index in [4.69, 9.17) is 9.47 Å². The highest BCUT2D eigenvalue weighted by Crippen LogP contribution is 2.20. The first-order valence-corrected chi connectivity index (χ1v) is 11.1. The number of pyridine rings is 1. The van der Waals surface area contributed by atoms with Crippen molar-refractivity contribution in [2.75, 3.05) is 33.3 Å². The minimum atomic E-state index is -0.540. The molecule has 1 aliphatic rings. The van der Waals surface area contributed by atoms with Crippen molar-refractivity contribution in [2.24, 2.45) is 5.92 Å². The monoisotopic (exact) mass is 451 g/mol. The molecule has 1 aliphatic heterocycles. The summed E-state index contributed by atoms with van der Waals surface area (Å²) in [5.41, 5.74) is 2.25. The molecule has 2 heterocycles. The third-order valence-corrected chi connectivity index (χ3v) is 6.03. The zero-order valence-corrected chi connectivity index (χ0v) is 18.6. The second-order valence-corrected chi connectivity index (χ2v) is 8.36. The van der Waals surface area contributed by atoms with Gasteiger partial charge in [-0.1, -0.05) is 30.3 Å². The summed E-state index contributed by atoms with van der Waals surface area (Å²) >= 11 is 0. The zero-order valence-electron chi connectivity index (χ0n) is 18.6. The topological polar surface area (TPSA) is 104 Å². The molecule has 1 aromatic heterocycles. The summed E-state index contributed by atoms with van der Waals surface area (Å²) in [6, 6.07) is 17.0. The van der Waals surface area contributed by atoms with Gasteiger partial charge in [0.15, 0.2) is 0 Å². The molecule has 2 atom stereocenters. The van der Waals surface area contributed by atoms with Crippen LogP contribution in [0.3, 0.4) is 0 Å². The zero-order chi connectivity index (χ0) is 23.2. The Hall–Kier alpha value is -3.36. The third-order valence-electron chi connectivity index (χ3n) is 6.03. The van der Waals surface area contributed by atoms with Gasteiger partial charge in [-0.25, -0.2) is 4.79 Å². The Morgan fingerprint density at radius 3 is 2.79 bits per heavy atom. The molecule has 2 aromatic carbocycles. The lowest BCUT2D eigenvalue weighted by Crippen LogP contribution is -2.34. The molecule has 0 saturated carbocycles. The van der Waals surface area contributed by atoms with Crippen LogP contribution in [0.1, 0.15) is 11.1 Å². The van der Waals surface area contributed by atoms with E-state index >= 15 is 0 Å². The van der Waals surface area contributed by atoms with E-state index < -0.39 is 12.2 Å². The van der Waals surface area contributed by atoms with Gasteiger partial charge in [-0.05, 0) is 35.6 Å². The number of β-amino-alcohol motifs (C(OH)–C–C–N with tert-alkyl or cyclic N) is 1. The van der Waals surface area contributed by atoms with Crippen molar-refractivity contribution in [1.29, 1.82) is 0 Å². The predicted octanol–water partition coefficient (Wildman–Crippen LogP) is 2.30. The fourth-order valence-electron chi connectivity index (χ4n) is 4.13. The van der Waals surface area contributed by atoms with Crippen LogP contribution in [0.2, 0.25) is 0 Å². The van der Waals surface area contributed by atoms with Crippen LogP contribution in [0.15, 0.2) is 59.4 Å². The van der Waals surface area contributed by atoms with Gasteiger partial charge in [0.2, 0.25) is 0 Å². The van der Waals surface area contributed by atoms with E-state index in [1.807, 2.05) is 48.5 Å². The summed E-state index contributed by atoms with van der Waals surface area (Å²) < 4.78 is 10.4. The molecule has 3 aromatic rings. The molecule has 0 spiro atoms. The van der Waals surface area contributed by atoms with Crippen molar-refractivity contribution in [1.82, 2.24) is 15.2 Å². The number of methoxy groups -OCH3 is 1. The average molecular weight is 452 g/mol. The molecule has 1 amide bonds. The predicted molar refractivity (Wildman–Crippen MR) is 125 cm³/mol. The van der Waals surface area contributed by atoms with E-state index in [0.29, 0.717) is 43.9 Å². The van der Waals surface area contributed by atoms with E-state index in [9.17, 15) is 14.7 Å². The van der Waals surface area contributed by atoms with Gasteiger partial charge in [-0.15, -0.1) is 0 Å². The Balaban J connectivity index is 1.25. The van der Waals surface area contributed by atoms with Crippen LogP contribution in [0.4, 0.5) is 4.79 Å². The van der Waals surface area contributed by atoms with Gasteiger partial charge in [-0.2, -0.15) is 0 Å². The first-order valence-electron chi connectivity index (χ1n) is 11.1. The number of likely N-dealkylation sites (tertiary alicyclic amines) is 1. The number of H-pyrrole nitrogens is 1. The van der Waals surface area contributed by atoms with Crippen molar-refractivity contribution in [3.63, 3.8) is 0 Å². The Morgan fingerprint density at radius 1 is 1.18 bits per heavy atom. The second-order valence-electron chi connectivity index (χ2n) is 8.36. The van der Waals surface area contributed by atoms with Gasteiger partial charge in [-0.3, -0.25) is 9.69 Å². The van der Waals surface area contributed by atoms with Crippen molar-refractivity contribution in [2.45, 2.75) is 19.1 Å². The number of nitrogens with one attached hydrogen (secondary N) is 2. The van der Waals surface area contributed by atoms with E-state index in [1.165, 1.54) is 0 Å². The highest BCUT2D eigenvalue weighted by Gasteiger charge is 2.31. The van der Waals surface area contributed by atoms with Crippen LogP contribution in [0.25, 0.3) is 10.9 Å². The number of ether oxygens (including phenoxy) is 2. The second kappa shape index (κ2) is 10.5. The average Bonchev–Trinajstić information content (AvgIpc) is 3.19. The molecule has 0 aliphatic carbocycles. The largest absolute Gasteiger partial charge is 0.497 e. The number of nitrogens with zero attached hydrogens (tertiary/aromatic N) is 1. The molecule has 4 rings (SSSR count). The first kappa shape index (κ1) is 22.8. The highest BCUT2D eigenvalue weighted by molar-refractivity contribution is 5.80. The SMILES string of the molecule is COc1ccc2cc(CCN3C[C@H](CNC(=O)OCc4ccccc4)[C@H](O)C3)c(=O)[nH]c2c1. The Bertz CT molecular complexity index is 1150. The maximum Gasteiger partial charge on any atom is 0.407 e. The number of hydrogen-bond donors (Lipinski definition) is 3. The van der Waals surface area contributed by atoms with E-state index in [2.05, 4.69) is 15.2 Å². The van der Waals surface area contributed by atoms with Crippen LogP contribution in [0, 0.1) is 5.92 Å². The number of fused-ring (bicyclic) bond motifs is 1. The molecule has 1 fully saturated rings. The molecule has 33 heavy (non-hydrogen) atoms. The molecule has 8 heteroatoms. The van der Waals surface area contributed by atoms with Crippen LogP contribution in [-0.2, 0) is 17.8 Å². The molecule has 174 valence electrons. The normalized spacial score (nSPS) is 18.4. The smallest absolute Gasteiger partial charge is 0.407 e. The Morgan fingerprint density at radius 2 is 2.00 bits per heavy atom. The van der Waals surface area contributed by atoms with Crippen LogP contribution in [-0.4, -0.2) is 60.5 Å². The number of amides is 1. The van der Waals surface area contributed by atoms with Gasteiger partial charge in [0.25, 0.3) is 5.56 Å². The summed E-state index contributed by atoms with van der Waals surface area (Å²) in [6.45, 7) is 2.34. The maximum absolute atomic E-state index is 12.5. The minimum absolute atomic E-state index is 0.0865. The van der Waals surface area contributed by atoms with Crippen molar-refractivity contribution < 1.29 is 19.4 Å². The number of aromatic amines is 1. The number of rotatable bonds is 8. The number of aliphatic hydroxyl groups is 1. The fourth-order valence-corrected chi connectivity index (χ4v) is 4.13. The minimum Gasteiger partial charge on any atom is -0.497 e. The number of alkyl carbamates (subject to hydrolysis) is 1. The molecule has 0 bridgehead atoms. The van der Waals surface area contributed by atoms with Crippen LogP contribution < -0.4 is 15.6 Å². The number of benzene rings is 2. The van der Waals surface area contributed by atoms with E-state index in [-0.39, 0.29) is 18.1 Å². The van der Waals surface area contributed by atoms with E-state index in [0.717, 1.165) is 16.5 Å². The van der Waals surface area contributed by atoms with Crippen molar-refractivity contribution >= 4 is 17.0 Å². The lowest BCUT2D eigenvalue weighted by Gasteiger charge is -2.16. The van der Waals surface area contributed by atoms with Gasteiger partial charge >= 0.3 is 6.09 Å². The van der Waals surface area contributed by atoms with Gasteiger partial charge in [0.1, 0.15) is 12.4 Å². The summed E-state index contributed by atoms with van der Waals surface area (Å²) in [5, 5.41) is 14.1. The lowest BCUT2D eigenvalue weighted by atomic mass is 10.1. The summed E-state index contributed by atoms with van der Waals surface area (Å²) in [6.07, 6.45) is -0.464. The van der Waals surface area contributed by atoms with Gasteiger partial charge < -0.3 is 24.9 Å². The summed E-state index contributed by atoms with van der Waals surface area (Å²) in [4.78, 5) is 29.5. The number of aliphatic hydroxyl groups excluding tert-OH is 1. The van der Waals surface area contributed by atoms with Crippen molar-refractivity contribution in [3.8, 4) is 5.75 Å². The van der Waals surface area contributed by atoms with Crippen LogP contribution in [0.5, 0.6) is 5.75 Å². The number of hydrogen-bond acceptors (Lipinski definition) is 6. The van der Waals surface area contributed by atoms with Crippen LogP contribution >= 0.6 is 0 Å². The third kappa shape index (κ3) is 5.91. The Labute approximate surface area is 192 Å². The first-order chi connectivity index (χ1) is 16.0. The number of carbonyl (C=O) groups excluding carboxylic acids is 1. The van der Waals surface area contributed by atoms with Gasteiger partial charge in [0.05, 0.1) is 18.7 Å². The molecular formula is C25H29N3O5. The molecular weight excluding hydrogens is 422 g/mol. The number of aromatic nitrogens is 1. The molecule has 1 saturated heterocycles. The highest BCUT2D eigenvalue weighted by atomic mass is 16.5. The lowest BCUT2D eigenvalue weighted by molar-refractivity contribution is 0.124. The number of carbonyl (C=O) groups is 1. The van der Waals surface area contributed by atoms with Gasteiger partial charge in [0, 0.05) is 43.7 Å². The summed E-state index contributed by atoms with van der Waals surface area (Å²) in [5.74, 6) is 0.609. The quantitative estimate of drug-likeness (QED) is 0.486. The Kier molecular flexibility index (Phi) is 7.26. The molecule has 0 unspecified atom stereocenters.